The van der Waals surface area contributed by atoms with Gasteiger partial charge in [0.25, 0.3) is 0 Å². The summed E-state index contributed by atoms with van der Waals surface area (Å²) in [5.74, 6) is -0.505. The van der Waals surface area contributed by atoms with Crippen molar-refractivity contribution in [1.82, 2.24) is 15.4 Å². The smallest absolute Gasteiger partial charge is 0.315 e. The number of sulfonamides is 1. The molecular weight excluding hydrogens is 389 g/mol. The van der Waals surface area contributed by atoms with E-state index in [4.69, 9.17) is 4.74 Å². The lowest BCUT2D eigenvalue weighted by molar-refractivity contribution is -0.0886. The first kappa shape index (κ1) is 22.5. The van der Waals surface area contributed by atoms with Crippen LogP contribution < -0.4 is 15.4 Å². The lowest BCUT2D eigenvalue weighted by Gasteiger charge is -2.36. The number of ether oxygens (including phenoxy) is 1. The van der Waals surface area contributed by atoms with Crippen molar-refractivity contribution in [2.75, 3.05) is 13.2 Å². The molecule has 0 unspecified atom stereocenters. The van der Waals surface area contributed by atoms with Crippen molar-refractivity contribution in [1.29, 1.82) is 0 Å². The molecule has 2 rings (SSSR count). The van der Waals surface area contributed by atoms with Crippen LogP contribution in [0.5, 0.6) is 0 Å². The Hall–Kier alpha value is -1.75. The van der Waals surface area contributed by atoms with Crippen molar-refractivity contribution in [3.63, 3.8) is 0 Å². The second-order valence-electron chi connectivity index (χ2n) is 7.08. The van der Waals surface area contributed by atoms with E-state index in [0.717, 1.165) is 12.1 Å². The van der Waals surface area contributed by atoms with Gasteiger partial charge in [0.15, 0.2) is 0 Å². The molecule has 2 amide bonds. The molecule has 1 aliphatic heterocycles. The summed E-state index contributed by atoms with van der Waals surface area (Å²) in [7, 11) is -3.72. The second kappa shape index (κ2) is 10.1. The number of nitrogens with one attached hydrogen (secondary N) is 3. The molecule has 1 heterocycles. The molecule has 1 aromatic rings. The first-order chi connectivity index (χ1) is 13.2. The van der Waals surface area contributed by atoms with Gasteiger partial charge in [0.05, 0.1) is 23.6 Å². The molecule has 1 fully saturated rings. The van der Waals surface area contributed by atoms with E-state index in [0.29, 0.717) is 19.3 Å². The molecule has 1 saturated heterocycles. The minimum atomic E-state index is -3.72. The Balaban J connectivity index is 1.81. The molecule has 158 valence electrons. The van der Waals surface area contributed by atoms with Crippen LogP contribution >= 0.6 is 0 Å². The molecule has 1 aliphatic rings. The summed E-state index contributed by atoms with van der Waals surface area (Å²) in [6, 6.07) is 3.97. The van der Waals surface area contributed by atoms with Crippen LogP contribution in [0.3, 0.4) is 0 Å². The van der Waals surface area contributed by atoms with Crippen LogP contribution in [0, 0.1) is 5.82 Å². The molecule has 3 atom stereocenters. The summed E-state index contributed by atoms with van der Waals surface area (Å²) >= 11 is 0. The SMILES string of the molecule is CC(C)NC(=O)N[C@@H]1CC[C@H](CCNS(=O)(=O)c2ccc(F)cc2)O[C@@H]1CO. The van der Waals surface area contributed by atoms with Gasteiger partial charge in [-0.2, -0.15) is 0 Å². The summed E-state index contributed by atoms with van der Waals surface area (Å²) in [6.07, 6.45) is 0.875. The molecule has 10 heteroatoms. The van der Waals surface area contributed by atoms with Gasteiger partial charge >= 0.3 is 6.03 Å². The number of carbonyl (C=O) groups excluding carboxylic acids is 1. The summed E-state index contributed by atoms with van der Waals surface area (Å²) in [5, 5.41) is 15.1. The molecule has 1 aromatic carbocycles. The fourth-order valence-electron chi connectivity index (χ4n) is 3.03. The quantitative estimate of drug-likeness (QED) is 0.506. The molecule has 4 N–H and O–H groups in total. The highest BCUT2D eigenvalue weighted by Gasteiger charge is 2.32. The van der Waals surface area contributed by atoms with E-state index in [-0.39, 0.29) is 42.3 Å². The Labute approximate surface area is 164 Å². The molecular formula is C18H28FN3O5S. The zero-order valence-corrected chi connectivity index (χ0v) is 16.8. The number of aliphatic hydroxyl groups is 1. The predicted molar refractivity (Wildman–Crippen MR) is 102 cm³/mol. The van der Waals surface area contributed by atoms with Gasteiger partial charge in [0.2, 0.25) is 10.0 Å². The molecule has 0 aromatic heterocycles. The van der Waals surface area contributed by atoms with Gasteiger partial charge in [-0.3, -0.25) is 0 Å². The molecule has 0 saturated carbocycles. The standard InChI is InChI=1S/C18H28FN3O5S/c1-12(2)21-18(24)22-16-8-5-14(27-17(16)11-23)9-10-20-28(25,26)15-6-3-13(19)4-7-15/h3-4,6-7,12,14,16-17,20,23H,5,8-11H2,1-2H3,(H2,21,22,24)/t14-,16-,17-/m1/s1. The van der Waals surface area contributed by atoms with Crippen LogP contribution in [0.1, 0.15) is 33.1 Å². The molecule has 0 radical (unpaired) electrons. The van der Waals surface area contributed by atoms with Crippen LogP contribution in [0.2, 0.25) is 0 Å². The zero-order valence-electron chi connectivity index (χ0n) is 16.0. The van der Waals surface area contributed by atoms with Gasteiger partial charge in [-0.05, 0) is 57.4 Å². The molecule has 0 aliphatic carbocycles. The van der Waals surface area contributed by atoms with Crippen LogP contribution in [0.15, 0.2) is 29.2 Å². The topological polar surface area (TPSA) is 117 Å². The number of halogens is 1. The maximum atomic E-state index is 12.9. The average Bonchev–Trinajstić information content (AvgIpc) is 2.62. The summed E-state index contributed by atoms with van der Waals surface area (Å²) < 4.78 is 45.6. The fraction of sp³-hybridized carbons (Fsp3) is 0.611. The van der Waals surface area contributed by atoms with E-state index in [1.54, 1.807) is 0 Å². The zero-order chi connectivity index (χ0) is 20.7. The number of aliphatic hydroxyl groups excluding tert-OH is 1. The number of rotatable bonds is 8. The van der Waals surface area contributed by atoms with Gasteiger partial charge in [0, 0.05) is 12.6 Å². The van der Waals surface area contributed by atoms with Gasteiger partial charge in [-0.25, -0.2) is 22.3 Å². The van der Waals surface area contributed by atoms with Crippen LogP contribution in [-0.2, 0) is 14.8 Å². The summed E-state index contributed by atoms with van der Waals surface area (Å²) in [4.78, 5) is 11.8. The summed E-state index contributed by atoms with van der Waals surface area (Å²) in [5.41, 5.74) is 0. The third-order valence-electron chi connectivity index (χ3n) is 4.41. The van der Waals surface area contributed by atoms with E-state index < -0.39 is 21.9 Å². The lowest BCUT2D eigenvalue weighted by atomic mass is 9.97. The monoisotopic (exact) mass is 417 g/mol. The number of carbonyl (C=O) groups is 1. The Morgan fingerprint density at radius 1 is 1.29 bits per heavy atom. The van der Waals surface area contributed by atoms with E-state index >= 15 is 0 Å². The number of urea groups is 1. The number of amides is 2. The van der Waals surface area contributed by atoms with Crippen LogP contribution in [0.25, 0.3) is 0 Å². The number of benzene rings is 1. The Morgan fingerprint density at radius 3 is 2.57 bits per heavy atom. The van der Waals surface area contributed by atoms with Crippen LogP contribution in [-0.4, -0.2) is 57.0 Å². The highest BCUT2D eigenvalue weighted by molar-refractivity contribution is 7.89. The average molecular weight is 418 g/mol. The van der Waals surface area contributed by atoms with E-state index in [2.05, 4.69) is 15.4 Å². The highest BCUT2D eigenvalue weighted by atomic mass is 32.2. The largest absolute Gasteiger partial charge is 0.394 e. The van der Waals surface area contributed by atoms with Crippen molar-refractivity contribution in [2.24, 2.45) is 0 Å². The highest BCUT2D eigenvalue weighted by Crippen LogP contribution is 2.22. The Morgan fingerprint density at radius 2 is 1.96 bits per heavy atom. The minimum Gasteiger partial charge on any atom is -0.394 e. The maximum Gasteiger partial charge on any atom is 0.315 e. The molecule has 28 heavy (non-hydrogen) atoms. The fourth-order valence-corrected chi connectivity index (χ4v) is 4.08. The van der Waals surface area contributed by atoms with Crippen molar-refractivity contribution < 1.29 is 27.4 Å². The molecule has 0 bridgehead atoms. The van der Waals surface area contributed by atoms with Gasteiger partial charge < -0.3 is 20.5 Å². The first-order valence-corrected chi connectivity index (χ1v) is 10.8. The second-order valence-corrected chi connectivity index (χ2v) is 8.84. The molecule has 0 spiro atoms. The minimum absolute atomic E-state index is 0.000959. The Kier molecular flexibility index (Phi) is 8.17. The normalized spacial score (nSPS) is 22.8. The van der Waals surface area contributed by atoms with E-state index in [9.17, 15) is 22.7 Å². The summed E-state index contributed by atoms with van der Waals surface area (Å²) in [6.45, 7) is 3.60. The maximum absolute atomic E-state index is 12.9. The third kappa shape index (κ3) is 6.69. The van der Waals surface area contributed by atoms with Crippen LogP contribution in [0.4, 0.5) is 9.18 Å². The van der Waals surface area contributed by atoms with Crippen molar-refractivity contribution in [2.45, 2.75) is 62.3 Å². The van der Waals surface area contributed by atoms with Gasteiger partial charge in [-0.1, -0.05) is 0 Å². The number of hydrogen-bond acceptors (Lipinski definition) is 5. The lowest BCUT2D eigenvalue weighted by Crippen LogP contribution is -2.54. The predicted octanol–water partition coefficient (Wildman–Crippen LogP) is 1.11. The van der Waals surface area contributed by atoms with Crippen molar-refractivity contribution >= 4 is 16.1 Å². The van der Waals surface area contributed by atoms with E-state index in [1.165, 1.54) is 12.1 Å². The molecule has 8 nitrogen and oxygen atoms in total. The third-order valence-corrected chi connectivity index (χ3v) is 5.89. The van der Waals surface area contributed by atoms with E-state index in [1.807, 2.05) is 13.8 Å². The number of hydrogen-bond donors (Lipinski definition) is 4. The van der Waals surface area contributed by atoms with Gasteiger partial charge in [-0.15, -0.1) is 0 Å². The van der Waals surface area contributed by atoms with Gasteiger partial charge in [0.1, 0.15) is 11.9 Å². The Bertz CT molecular complexity index is 742. The van der Waals surface area contributed by atoms with Crippen molar-refractivity contribution in [3.05, 3.63) is 30.1 Å². The first-order valence-electron chi connectivity index (χ1n) is 9.30. The van der Waals surface area contributed by atoms with Crippen molar-refractivity contribution in [3.8, 4) is 0 Å².